The molecule has 3 amide bonds. The Kier molecular flexibility index (Phi) is 5.08. The number of amides is 3. The quantitative estimate of drug-likeness (QED) is 0.546. The fourth-order valence-electron chi connectivity index (χ4n) is 3.00. The molecule has 1 atom stereocenters. The second kappa shape index (κ2) is 7.82. The monoisotopic (exact) mass is 393 g/mol. The number of carbonyl (C=O) groups excluding carboxylic acids is 2. The Morgan fingerprint density at radius 3 is 2.64 bits per heavy atom. The molecule has 0 aliphatic carbocycles. The number of furan rings is 1. The number of benzene rings is 2. The largest absolute Gasteiger partial charge is 0.465 e. The summed E-state index contributed by atoms with van der Waals surface area (Å²) in [5.74, 6) is 0.0347. The highest BCUT2D eigenvalue weighted by Gasteiger charge is 2.35. The number of urea groups is 1. The smallest absolute Gasteiger partial charge is 0.322 e. The zero-order valence-electron chi connectivity index (χ0n) is 15.2. The maximum Gasteiger partial charge on any atom is 0.322 e. The summed E-state index contributed by atoms with van der Waals surface area (Å²) in [5.41, 5.74) is 3.51. The minimum atomic E-state index is -0.791. The van der Waals surface area contributed by atoms with Crippen molar-refractivity contribution in [1.29, 1.82) is 0 Å². The molecule has 142 valence electrons. The third-order valence-corrected chi connectivity index (χ3v) is 5.42. The van der Waals surface area contributed by atoms with Crippen molar-refractivity contribution < 1.29 is 14.0 Å². The number of hydrogen-bond donors (Lipinski definition) is 3. The van der Waals surface area contributed by atoms with Crippen molar-refractivity contribution >= 4 is 29.4 Å². The second-order valence-electron chi connectivity index (χ2n) is 6.51. The van der Waals surface area contributed by atoms with Crippen LogP contribution in [0.25, 0.3) is 0 Å². The zero-order valence-corrected chi connectivity index (χ0v) is 16.0. The van der Waals surface area contributed by atoms with Gasteiger partial charge in [-0.3, -0.25) is 10.1 Å². The summed E-state index contributed by atoms with van der Waals surface area (Å²) >= 11 is 1.48. The van der Waals surface area contributed by atoms with Crippen molar-refractivity contribution in [3.05, 3.63) is 77.7 Å². The van der Waals surface area contributed by atoms with Gasteiger partial charge < -0.3 is 15.1 Å². The number of imide groups is 1. The predicted molar refractivity (Wildman–Crippen MR) is 107 cm³/mol. The van der Waals surface area contributed by atoms with Crippen LogP contribution in [-0.2, 0) is 11.3 Å². The first kappa shape index (κ1) is 18.2. The van der Waals surface area contributed by atoms with Crippen LogP contribution < -0.4 is 16.0 Å². The van der Waals surface area contributed by atoms with Crippen LogP contribution in [0, 0.1) is 6.92 Å². The molecule has 7 heteroatoms. The van der Waals surface area contributed by atoms with Crippen LogP contribution in [0.1, 0.15) is 22.9 Å². The molecule has 1 aromatic heterocycles. The minimum Gasteiger partial charge on any atom is -0.465 e. The van der Waals surface area contributed by atoms with E-state index in [2.05, 4.69) is 47.1 Å². The van der Waals surface area contributed by atoms with Gasteiger partial charge >= 0.3 is 6.03 Å². The van der Waals surface area contributed by atoms with Crippen LogP contribution in [0.4, 0.5) is 10.5 Å². The fraction of sp³-hybridized carbons (Fsp3) is 0.143. The van der Waals surface area contributed by atoms with Gasteiger partial charge in [-0.2, -0.15) is 0 Å². The van der Waals surface area contributed by atoms with E-state index in [0.717, 1.165) is 22.0 Å². The lowest BCUT2D eigenvalue weighted by atomic mass is 10.1. The number of carbonyl (C=O) groups is 2. The Bertz CT molecular complexity index is 1010. The lowest BCUT2D eigenvalue weighted by molar-refractivity contribution is -0.120. The number of hydrogen-bond acceptors (Lipinski definition) is 5. The maximum atomic E-state index is 11.9. The molecular formula is C21H19N3O3S. The van der Waals surface area contributed by atoms with Crippen molar-refractivity contribution in [3.8, 4) is 0 Å². The van der Waals surface area contributed by atoms with E-state index in [1.165, 1.54) is 29.2 Å². The van der Waals surface area contributed by atoms with Gasteiger partial charge in [0.05, 0.1) is 11.2 Å². The van der Waals surface area contributed by atoms with E-state index >= 15 is 0 Å². The highest BCUT2D eigenvalue weighted by molar-refractivity contribution is 7.99. The molecular weight excluding hydrogens is 374 g/mol. The standard InChI is InChI=1S/C21H19N3O3S/c1-13-3-2-4-14(11-13)12-22-15-5-7-16(8-6-15)28-17-9-10-27-19(17)18-20(25)24-21(26)23-18/h2-11,18,22H,12H2,1H3,(H2,23,24,25,26). The lowest BCUT2D eigenvalue weighted by Gasteiger charge is -2.09. The summed E-state index contributed by atoms with van der Waals surface area (Å²) in [6, 6.07) is 16.9. The third-order valence-electron chi connectivity index (χ3n) is 4.36. The van der Waals surface area contributed by atoms with Gasteiger partial charge in [-0.15, -0.1) is 0 Å². The van der Waals surface area contributed by atoms with Crippen LogP contribution in [0.5, 0.6) is 0 Å². The van der Waals surface area contributed by atoms with E-state index in [-0.39, 0.29) is 0 Å². The van der Waals surface area contributed by atoms with E-state index in [1.807, 2.05) is 24.3 Å². The highest BCUT2D eigenvalue weighted by atomic mass is 32.2. The van der Waals surface area contributed by atoms with Crippen molar-refractivity contribution in [3.63, 3.8) is 0 Å². The maximum absolute atomic E-state index is 11.9. The van der Waals surface area contributed by atoms with Gasteiger partial charge in [0.15, 0.2) is 6.04 Å². The molecule has 1 aliphatic heterocycles. The molecule has 1 saturated heterocycles. The molecule has 0 bridgehead atoms. The lowest BCUT2D eigenvalue weighted by Crippen LogP contribution is -2.22. The SMILES string of the molecule is Cc1cccc(CNc2ccc(Sc3ccoc3C3NC(=O)NC3=O)cc2)c1. The Hall–Kier alpha value is -3.19. The Morgan fingerprint density at radius 2 is 1.93 bits per heavy atom. The molecule has 1 aliphatic rings. The van der Waals surface area contributed by atoms with E-state index < -0.39 is 18.0 Å². The molecule has 0 radical (unpaired) electrons. The molecule has 0 spiro atoms. The van der Waals surface area contributed by atoms with E-state index in [0.29, 0.717) is 5.76 Å². The van der Waals surface area contributed by atoms with Crippen LogP contribution >= 0.6 is 11.8 Å². The number of anilines is 1. The predicted octanol–water partition coefficient (Wildman–Crippen LogP) is 4.23. The third kappa shape index (κ3) is 4.04. The molecule has 4 rings (SSSR count). The topological polar surface area (TPSA) is 83.4 Å². The van der Waals surface area contributed by atoms with Gasteiger partial charge in [0.25, 0.3) is 5.91 Å². The van der Waals surface area contributed by atoms with Crippen LogP contribution in [0.2, 0.25) is 0 Å². The first-order chi connectivity index (χ1) is 13.6. The van der Waals surface area contributed by atoms with Gasteiger partial charge in [0.1, 0.15) is 5.76 Å². The summed E-state index contributed by atoms with van der Waals surface area (Å²) in [7, 11) is 0. The molecule has 2 heterocycles. The highest BCUT2D eigenvalue weighted by Crippen LogP contribution is 2.35. The van der Waals surface area contributed by atoms with Crippen LogP contribution in [-0.4, -0.2) is 11.9 Å². The van der Waals surface area contributed by atoms with Gasteiger partial charge in [-0.25, -0.2) is 4.79 Å². The molecule has 0 saturated carbocycles. The normalized spacial score (nSPS) is 16.0. The molecule has 1 unspecified atom stereocenters. The molecule has 28 heavy (non-hydrogen) atoms. The van der Waals surface area contributed by atoms with E-state index in [1.54, 1.807) is 6.07 Å². The molecule has 6 nitrogen and oxygen atoms in total. The molecule has 3 aromatic rings. The second-order valence-corrected chi connectivity index (χ2v) is 7.63. The zero-order chi connectivity index (χ0) is 19.5. The van der Waals surface area contributed by atoms with Crippen LogP contribution in [0.15, 0.2) is 75.1 Å². The Labute approximate surface area is 166 Å². The van der Waals surface area contributed by atoms with Gasteiger partial charge in [-0.1, -0.05) is 41.6 Å². The summed E-state index contributed by atoms with van der Waals surface area (Å²) in [6.07, 6.45) is 1.52. The molecule has 3 N–H and O–H groups in total. The Balaban J connectivity index is 1.41. The molecule has 2 aromatic carbocycles. The first-order valence-corrected chi connectivity index (χ1v) is 9.66. The van der Waals surface area contributed by atoms with Gasteiger partial charge in [-0.05, 0) is 42.8 Å². The number of nitrogens with one attached hydrogen (secondary N) is 3. The number of rotatable bonds is 6. The summed E-state index contributed by atoms with van der Waals surface area (Å²) in [4.78, 5) is 25.0. The first-order valence-electron chi connectivity index (χ1n) is 8.84. The van der Waals surface area contributed by atoms with Crippen LogP contribution in [0.3, 0.4) is 0 Å². The van der Waals surface area contributed by atoms with Crippen molar-refractivity contribution in [1.82, 2.24) is 10.6 Å². The molecule has 1 fully saturated rings. The Morgan fingerprint density at radius 1 is 1.11 bits per heavy atom. The average Bonchev–Trinajstić information content (AvgIpc) is 3.26. The summed E-state index contributed by atoms with van der Waals surface area (Å²) in [5, 5.41) is 8.19. The van der Waals surface area contributed by atoms with E-state index in [4.69, 9.17) is 4.42 Å². The van der Waals surface area contributed by atoms with Gasteiger partial charge in [0, 0.05) is 17.1 Å². The van der Waals surface area contributed by atoms with Crippen molar-refractivity contribution in [2.24, 2.45) is 0 Å². The van der Waals surface area contributed by atoms with Gasteiger partial charge in [0.2, 0.25) is 0 Å². The minimum absolute atomic E-state index is 0.405. The van der Waals surface area contributed by atoms with Crippen molar-refractivity contribution in [2.45, 2.75) is 29.3 Å². The summed E-state index contributed by atoms with van der Waals surface area (Å²) in [6.45, 7) is 2.84. The van der Waals surface area contributed by atoms with Crippen molar-refractivity contribution in [2.75, 3.05) is 5.32 Å². The van der Waals surface area contributed by atoms with E-state index in [9.17, 15) is 9.59 Å². The number of aryl methyl sites for hydroxylation is 1. The fourth-order valence-corrected chi connectivity index (χ4v) is 3.92. The average molecular weight is 393 g/mol. The summed E-state index contributed by atoms with van der Waals surface area (Å²) < 4.78 is 5.45.